The van der Waals surface area contributed by atoms with Crippen molar-refractivity contribution in [3.63, 3.8) is 0 Å². The topological polar surface area (TPSA) is 40.6 Å². The maximum atomic E-state index is 11.8. The van der Waals surface area contributed by atoms with Crippen LogP contribution in [0.5, 0.6) is 0 Å². The van der Waals surface area contributed by atoms with E-state index in [1.807, 2.05) is 42.3 Å². The summed E-state index contributed by atoms with van der Waals surface area (Å²) >= 11 is 0. The first-order valence-electron chi connectivity index (χ1n) is 5.97. The molecule has 0 aliphatic heterocycles. The molecule has 0 fully saturated rings. The van der Waals surface area contributed by atoms with Crippen molar-refractivity contribution >= 4 is 11.7 Å². The Morgan fingerprint density at radius 2 is 1.67 bits per heavy atom. The minimum Gasteiger partial charge on any atom is -0.348 e. The Bertz CT molecular complexity index is 402. The van der Waals surface area contributed by atoms with Gasteiger partial charge in [-0.2, -0.15) is 0 Å². The first kappa shape index (κ1) is 14.4. The largest absolute Gasteiger partial charge is 0.348 e. The zero-order valence-corrected chi connectivity index (χ0v) is 11.2. The number of carbonyl (C=O) groups is 2. The molecule has 0 saturated carbocycles. The van der Waals surface area contributed by atoms with Gasteiger partial charge in [-0.05, 0) is 7.05 Å². The van der Waals surface area contributed by atoms with Crippen molar-refractivity contribution in [2.45, 2.75) is 6.42 Å². The molecule has 0 spiro atoms. The number of benzene rings is 1. The summed E-state index contributed by atoms with van der Waals surface area (Å²) in [6, 6.07) is 9.22. The van der Waals surface area contributed by atoms with Crippen molar-refractivity contribution in [1.29, 1.82) is 0 Å². The van der Waals surface area contributed by atoms with Crippen LogP contribution in [0.3, 0.4) is 0 Å². The fourth-order valence-electron chi connectivity index (χ4n) is 1.51. The van der Waals surface area contributed by atoms with Crippen molar-refractivity contribution in [3.8, 4) is 0 Å². The monoisotopic (exact) mass is 248 g/mol. The van der Waals surface area contributed by atoms with E-state index in [1.165, 1.54) is 0 Å². The van der Waals surface area contributed by atoms with E-state index in [1.54, 1.807) is 19.0 Å². The number of nitrogens with zero attached hydrogens (tertiary/aromatic N) is 2. The van der Waals surface area contributed by atoms with Gasteiger partial charge in [0.25, 0.3) is 0 Å². The van der Waals surface area contributed by atoms with Gasteiger partial charge in [0.2, 0.25) is 5.91 Å². The van der Waals surface area contributed by atoms with Crippen LogP contribution < -0.4 is 0 Å². The molecule has 0 heterocycles. The molecule has 4 heteroatoms. The van der Waals surface area contributed by atoms with Crippen LogP contribution in [-0.2, 0) is 4.79 Å². The predicted molar refractivity (Wildman–Crippen MR) is 71.6 cm³/mol. The van der Waals surface area contributed by atoms with E-state index in [0.717, 1.165) is 5.56 Å². The van der Waals surface area contributed by atoms with E-state index in [2.05, 4.69) is 0 Å². The maximum absolute atomic E-state index is 11.8. The number of likely N-dealkylation sites (N-methyl/N-ethyl adjacent to an activating group) is 2. The van der Waals surface area contributed by atoms with E-state index < -0.39 is 0 Å². The van der Waals surface area contributed by atoms with E-state index in [9.17, 15) is 9.59 Å². The molecule has 0 aliphatic carbocycles. The fraction of sp³-hybridized carbons (Fsp3) is 0.429. The average molecular weight is 248 g/mol. The molecule has 0 saturated heterocycles. The summed E-state index contributed by atoms with van der Waals surface area (Å²) in [6.45, 7) is 0.933. The highest BCUT2D eigenvalue weighted by Crippen LogP contribution is 2.03. The van der Waals surface area contributed by atoms with Gasteiger partial charge in [-0.25, -0.2) is 0 Å². The molecule has 1 rings (SSSR count). The zero-order valence-electron chi connectivity index (χ0n) is 11.2. The lowest BCUT2D eigenvalue weighted by Gasteiger charge is -2.18. The van der Waals surface area contributed by atoms with E-state index in [0.29, 0.717) is 19.5 Å². The van der Waals surface area contributed by atoms with Crippen LogP contribution in [0.1, 0.15) is 16.8 Å². The molecule has 4 nitrogen and oxygen atoms in total. The number of rotatable bonds is 6. The van der Waals surface area contributed by atoms with Crippen LogP contribution >= 0.6 is 0 Å². The number of carbonyl (C=O) groups excluding carboxylic acids is 2. The molecule has 0 N–H and O–H groups in total. The third-order valence-electron chi connectivity index (χ3n) is 2.72. The highest BCUT2D eigenvalue weighted by Gasteiger charge is 2.10. The number of hydrogen-bond donors (Lipinski definition) is 0. The van der Waals surface area contributed by atoms with Gasteiger partial charge in [-0.1, -0.05) is 30.3 Å². The van der Waals surface area contributed by atoms with Crippen LogP contribution in [0.2, 0.25) is 0 Å². The van der Waals surface area contributed by atoms with Gasteiger partial charge in [-0.15, -0.1) is 0 Å². The Morgan fingerprint density at radius 3 is 2.22 bits per heavy atom. The lowest BCUT2D eigenvalue weighted by atomic mass is 10.1. The third kappa shape index (κ3) is 4.67. The molecule has 18 heavy (non-hydrogen) atoms. The summed E-state index contributed by atoms with van der Waals surface area (Å²) < 4.78 is 0. The summed E-state index contributed by atoms with van der Waals surface area (Å²) in [5, 5.41) is 0. The molecule has 0 atom stereocenters. The second-order valence-electron chi connectivity index (χ2n) is 4.57. The summed E-state index contributed by atoms with van der Waals surface area (Å²) in [4.78, 5) is 26.7. The average Bonchev–Trinajstić information content (AvgIpc) is 2.36. The van der Waals surface area contributed by atoms with Gasteiger partial charge >= 0.3 is 0 Å². The SMILES string of the molecule is CN(CCC(=O)c1ccccc1)CC(=O)N(C)C. The quantitative estimate of drug-likeness (QED) is 0.712. The van der Waals surface area contributed by atoms with E-state index in [4.69, 9.17) is 0 Å². The lowest BCUT2D eigenvalue weighted by Crippen LogP contribution is -2.35. The summed E-state index contributed by atoms with van der Waals surface area (Å²) in [6.07, 6.45) is 0.432. The Morgan fingerprint density at radius 1 is 1.06 bits per heavy atom. The van der Waals surface area contributed by atoms with Crippen LogP contribution in [0.25, 0.3) is 0 Å². The Kier molecular flexibility index (Phi) is 5.52. The molecule has 0 radical (unpaired) electrons. The minimum atomic E-state index is 0.0460. The number of ketones is 1. The number of amides is 1. The van der Waals surface area contributed by atoms with Crippen molar-refractivity contribution in [1.82, 2.24) is 9.80 Å². The Labute approximate surface area is 108 Å². The highest BCUT2D eigenvalue weighted by molar-refractivity contribution is 5.96. The van der Waals surface area contributed by atoms with Gasteiger partial charge in [-0.3, -0.25) is 14.5 Å². The van der Waals surface area contributed by atoms with Crippen LogP contribution in [0.4, 0.5) is 0 Å². The molecule has 1 amide bonds. The van der Waals surface area contributed by atoms with E-state index in [-0.39, 0.29) is 11.7 Å². The van der Waals surface area contributed by atoms with Gasteiger partial charge in [0.1, 0.15) is 0 Å². The summed E-state index contributed by atoms with van der Waals surface area (Å²) in [5.74, 6) is 0.157. The van der Waals surface area contributed by atoms with Gasteiger partial charge in [0, 0.05) is 32.6 Å². The first-order valence-corrected chi connectivity index (χ1v) is 5.97. The molecule has 0 bridgehead atoms. The minimum absolute atomic E-state index is 0.0460. The number of Topliss-reactive ketones (excluding diaryl/α,β-unsaturated/α-hetero) is 1. The first-order chi connectivity index (χ1) is 8.50. The molecular weight excluding hydrogens is 228 g/mol. The van der Waals surface area contributed by atoms with Crippen LogP contribution in [0.15, 0.2) is 30.3 Å². The molecule has 1 aromatic carbocycles. The van der Waals surface area contributed by atoms with Crippen molar-refractivity contribution in [2.24, 2.45) is 0 Å². The van der Waals surface area contributed by atoms with Gasteiger partial charge < -0.3 is 4.90 Å². The van der Waals surface area contributed by atoms with Crippen molar-refractivity contribution in [3.05, 3.63) is 35.9 Å². The second kappa shape index (κ2) is 6.91. The standard InChI is InChI=1S/C14H20N2O2/c1-15(2)14(18)11-16(3)10-9-13(17)12-7-5-4-6-8-12/h4-8H,9-11H2,1-3H3. The Hall–Kier alpha value is -1.68. The summed E-state index contributed by atoms with van der Waals surface area (Å²) in [5.41, 5.74) is 0.727. The normalized spacial score (nSPS) is 10.4. The fourth-order valence-corrected chi connectivity index (χ4v) is 1.51. The van der Waals surface area contributed by atoms with Crippen molar-refractivity contribution < 1.29 is 9.59 Å². The van der Waals surface area contributed by atoms with E-state index >= 15 is 0 Å². The smallest absolute Gasteiger partial charge is 0.236 e. The predicted octanol–water partition coefficient (Wildman–Crippen LogP) is 1.28. The molecule has 1 aromatic rings. The van der Waals surface area contributed by atoms with Crippen molar-refractivity contribution in [2.75, 3.05) is 34.2 Å². The molecular formula is C14H20N2O2. The van der Waals surface area contributed by atoms with Gasteiger partial charge in [0.15, 0.2) is 5.78 Å². The van der Waals surface area contributed by atoms with Crippen LogP contribution in [-0.4, -0.2) is 55.7 Å². The molecule has 0 aliphatic rings. The summed E-state index contributed by atoms with van der Waals surface area (Å²) in [7, 11) is 5.30. The number of hydrogen-bond acceptors (Lipinski definition) is 3. The maximum Gasteiger partial charge on any atom is 0.236 e. The highest BCUT2D eigenvalue weighted by atomic mass is 16.2. The third-order valence-corrected chi connectivity index (χ3v) is 2.72. The molecule has 98 valence electrons. The Balaban J connectivity index is 2.37. The molecule has 0 unspecified atom stereocenters. The van der Waals surface area contributed by atoms with Crippen LogP contribution in [0, 0.1) is 0 Å². The zero-order chi connectivity index (χ0) is 13.5. The second-order valence-corrected chi connectivity index (χ2v) is 4.57. The molecule has 0 aromatic heterocycles. The van der Waals surface area contributed by atoms with Gasteiger partial charge in [0.05, 0.1) is 6.54 Å². The lowest BCUT2D eigenvalue weighted by molar-refractivity contribution is -0.129.